The van der Waals surface area contributed by atoms with Gasteiger partial charge in [0.2, 0.25) is 0 Å². The van der Waals surface area contributed by atoms with Crippen molar-refractivity contribution in [3.63, 3.8) is 0 Å². The largest absolute Gasteiger partial charge is 0.390 e. The summed E-state index contributed by atoms with van der Waals surface area (Å²) >= 11 is 1.66. The van der Waals surface area contributed by atoms with Gasteiger partial charge in [0.15, 0.2) is 0 Å². The number of aliphatic hydroxyl groups is 1. The molecule has 0 aliphatic rings. The van der Waals surface area contributed by atoms with Gasteiger partial charge in [0, 0.05) is 36.3 Å². The smallest absolute Gasteiger partial charge is 0.0863 e. The molecule has 1 unspecified atom stereocenters. The second-order valence-electron chi connectivity index (χ2n) is 4.88. The van der Waals surface area contributed by atoms with E-state index in [2.05, 4.69) is 4.98 Å². The van der Waals surface area contributed by atoms with Crippen LogP contribution in [0.1, 0.15) is 12.1 Å². The van der Waals surface area contributed by atoms with Crippen molar-refractivity contribution in [2.75, 3.05) is 45.2 Å². The summed E-state index contributed by atoms with van der Waals surface area (Å²) in [5, 5.41) is 9.87. The van der Waals surface area contributed by atoms with Crippen LogP contribution in [0.5, 0.6) is 0 Å². The van der Waals surface area contributed by atoms with E-state index in [-0.39, 0.29) is 0 Å². The highest BCUT2D eigenvalue weighted by Gasteiger charge is 2.11. The molecule has 1 rings (SSSR count). The van der Waals surface area contributed by atoms with E-state index < -0.39 is 16.7 Å². The molecule has 1 N–H and O–H groups in total. The van der Waals surface area contributed by atoms with Gasteiger partial charge in [0.05, 0.1) is 32.6 Å². The fourth-order valence-corrected chi connectivity index (χ4v) is 3.69. The van der Waals surface area contributed by atoms with Gasteiger partial charge < -0.3 is 9.84 Å². The van der Waals surface area contributed by atoms with Gasteiger partial charge in [0.1, 0.15) is 0 Å². The topological polar surface area (TPSA) is 60.8 Å². The van der Waals surface area contributed by atoms with Gasteiger partial charge in [-0.3, -0.25) is 13.4 Å². The fraction of sp³-hybridized carbons (Fsp3) is 0.667. The number of nitrogens with zero attached hydrogens (tertiary/aromatic N) is 1. The zero-order valence-electron chi connectivity index (χ0n) is 13.6. The highest BCUT2D eigenvalue weighted by atomic mass is 32.3. The molecule has 1 aromatic heterocycles. The van der Waals surface area contributed by atoms with Gasteiger partial charge in [-0.05, 0) is 18.6 Å². The number of rotatable bonds is 12. The van der Waals surface area contributed by atoms with Crippen molar-refractivity contribution in [1.29, 1.82) is 0 Å². The minimum Gasteiger partial charge on any atom is -0.390 e. The molecule has 0 spiro atoms. The first-order valence-electron chi connectivity index (χ1n) is 7.20. The minimum atomic E-state index is -1.41. The molecule has 0 bridgehead atoms. The number of thioether (sulfide) groups is 1. The molecule has 1 heterocycles. The Balaban J connectivity index is 2.03. The highest BCUT2D eigenvalue weighted by molar-refractivity contribution is 8.25. The Bertz CT molecular complexity index is 390. The van der Waals surface area contributed by atoms with Crippen molar-refractivity contribution >= 4 is 22.4 Å². The molecule has 0 fully saturated rings. The second kappa shape index (κ2) is 11.3. The lowest BCUT2D eigenvalue weighted by Gasteiger charge is -2.36. The predicted octanol–water partition coefficient (Wildman–Crippen LogP) is 2.64. The number of ether oxygens (including phenoxy) is 1. The summed E-state index contributed by atoms with van der Waals surface area (Å²) in [4.78, 5) is 4.25. The van der Waals surface area contributed by atoms with E-state index in [0.717, 1.165) is 23.6 Å². The number of aromatic nitrogens is 1. The third kappa shape index (κ3) is 8.36. The average molecular weight is 350 g/mol. The molecule has 7 heteroatoms. The number of hydrogen-bond acceptors (Lipinski definition) is 6. The second-order valence-corrected chi connectivity index (χ2v) is 8.84. The number of hydrogen-bond donors (Lipinski definition) is 1. The summed E-state index contributed by atoms with van der Waals surface area (Å²) in [7, 11) is 1.92. The zero-order valence-corrected chi connectivity index (χ0v) is 15.2. The predicted molar refractivity (Wildman–Crippen MR) is 94.2 cm³/mol. The Morgan fingerprint density at radius 2 is 2.09 bits per heavy atom. The molecular weight excluding hydrogens is 322 g/mol. The van der Waals surface area contributed by atoms with Crippen molar-refractivity contribution in [2.45, 2.75) is 18.3 Å². The maximum absolute atomic E-state index is 9.87. The van der Waals surface area contributed by atoms with Crippen molar-refractivity contribution < 1.29 is 18.2 Å². The maximum atomic E-state index is 9.87. The van der Waals surface area contributed by atoms with Crippen molar-refractivity contribution in [1.82, 2.24) is 4.98 Å². The van der Waals surface area contributed by atoms with Crippen LogP contribution in [-0.2, 0) is 18.9 Å². The molecule has 1 atom stereocenters. The lowest BCUT2D eigenvalue weighted by atomic mass is 10.4. The quantitative estimate of drug-likeness (QED) is 0.585. The average Bonchev–Trinajstić information content (AvgIpc) is 2.55. The van der Waals surface area contributed by atoms with Crippen molar-refractivity contribution in [2.24, 2.45) is 0 Å². The van der Waals surface area contributed by atoms with Gasteiger partial charge in [-0.25, -0.2) is 0 Å². The van der Waals surface area contributed by atoms with Crippen LogP contribution < -0.4 is 0 Å². The monoisotopic (exact) mass is 349 g/mol. The summed E-state index contributed by atoms with van der Waals surface area (Å²) in [6, 6.07) is 5.86. The van der Waals surface area contributed by atoms with Crippen LogP contribution in [0.25, 0.3) is 0 Å². The third-order valence-corrected chi connectivity index (χ3v) is 6.67. The Hall–Kier alpha value is -0.310. The molecule has 5 nitrogen and oxygen atoms in total. The van der Waals surface area contributed by atoms with Crippen LogP contribution in [0, 0.1) is 0 Å². The fourth-order valence-electron chi connectivity index (χ4n) is 1.71. The standard InChI is InChI=1S/C15H27NO4S2/c1-18-22(3,19-2)10-6-9-20-11-15(17)13-21-12-14-7-4-5-8-16-14/h4-5,7-8,15,17H,6,9-13H2,1-3H3. The van der Waals surface area contributed by atoms with Gasteiger partial charge in [0.25, 0.3) is 0 Å². The summed E-state index contributed by atoms with van der Waals surface area (Å²) in [5.41, 5.74) is 1.03. The van der Waals surface area contributed by atoms with Crippen molar-refractivity contribution in [3.8, 4) is 0 Å². The third-order valence-electron chi connectivity index (χ3n) is 3.11. The van der Waals surface area contributed by atoms with E-state index in [0.29, 0.717) is 19.0 Å². The maximum Gasteiger partial charge on any atom is 0.0863 e. The summed E-state index contributed by atoms with van der Waals surface area (Å²) in [6.45, 7) is 0.971. The van der Waals surface area contributed by atoms with E-state index in [9.17, 15) is 5.11 Å². The molecule has 0 saturated heterocycles. The number of pyridine rings is 1. The Labute approximate surface area is 139 Å². The summed E-state index contributed by atoms with van der Waals surface area (Å²) in [5.74, 6) is 2.29. The molecule has 1 aromatic rings. The van der Waals surface area contributed by atoms with E-state index >= 15 is 0 Å². The van der Waals surface area contributed by atoms with Crippen molar-refractivity contribution in [3.05, 3.63) is 30.1 Å². The zero-order chi connectivity index (χ0) is 16.3. The van der Waals surface area contributed by atoms with Gasteiger partial charge in [-0.15, -0.1) is 0 Å². The first-order valence-corrected chi connectivity index (χ1v) is 10.4. The molecule has 0 saturated carbocycles. The molecule has 0 aliphatic carbocycles. The van der Waals surface area contributed by atoms with Gasteiger partial charge in [-0.2, -0.15) is 22.4 Å². The highest BCUT2D eigenvalue weighted by Crippen LogP contribution is 2.45. The first-order chi connectivity index (χ1) is 10.6. The van der Waals surface area contributed by atoms with E-state index in [4.69, 9.17) is 13.1 Å². The lowest BCUT2D eigenvalue weighted by molar-refractivity contribution is 0.0490. The molecule has 128 valence electrons. The summed E-state index contributed by atoms with van der Waals surface area (Å²) in [6.07, 6.45) is 4.18. The molecule has 0 amide bonds. The van der Waals surface area contributed by atoms with E-state index in [1.165, 1.54) is 0 Å². The van der Waals surface area contributed by atoms with E-state index in [1.54, 1.807) is 32.2 Å². The Morgan fingerprint density at radius 1 is 1.32 bits per heavy atom. The SMILES string of the molecule is COS(C)(CCCOCC(O)CSCc1ccccn1)OC. The van der Waals surface area contributed by atoms with Crippen LogP contribution in [0.3, 0.4) is 0 Å². The Kier molecular flexibility index (Phi) is 10.1. The molecular formula is C15H27NO4S2. The van der Waals surface area contributed by atoms with Crippen LogP contribution in [0.2, 0.25) is 0 Å². The van der Waals surface area contributed by atoms with Crippen LogP contribution in [-0.4, -0.2) is 61.4 Å². The normalized spacial score (nSPS) is 14.0. The van der Waals surface area contributed by atoms with Crippen LogP contribution in [0.4, 0.5) is 0 Å². The lowest BCUT2D eigenvalue weighted by Crippen LogP contribution is -2.19. The molecule has 0 radical (unpaired) electrons. The molecule has 0 aromatic carbocycles. The molecule has 0 aliphatic heterocycles. The summed E-state index contributed by atoms with van der Waals surface area (Å²) < 4.78 is 16.2. The minimum absolute atomic E-state index is 0.362. The first kappa shape index (κ1) is 19.7. The van der Waals surface area contributed by atoms with E-state index in [1.807, 2.05) is 24.5 Å². The van der Waals surface area contributed by atoms with Crippen LogP contribution in [0.15, 0.2) is 24.4 Å². The van der Waals surface area contributed by atoms with Gasteiger partial charge in [-0.1, -0.05) is 6.07 Å². The Morgan fingerprint density at radius 3 is 2.73 bits per heavy atom. The molecule has 22 heavy (non-hydrogen) atoms. The van der Waals surface area contributed by atoms with Gasteiger partial charge >= 0.3 is 0 Å². The van der Waals surface area contributed by atoms with Crippen LogP contribution >= 0.6 is 22.4 Å². The number of aliphatic hydroxyl groups excluding tert-OH is 1.